The molecule has 0 saturated carbocycles. The van der Waals surface area contributed by atoms with Crippen LogP contribution in [0.15, 0.2) is 0 Å². The number of fused-ring (bicyclic) bond motifs is 1. The van der Waals surface area contributed by atoms with Gasteiger partial charge in [0, 0.05) is 25.7 Å². The van der Waals surface area contributed by atoms with E-state index in [1.807, 2.05) is 6.92 Å². The summed E-state index contributed by atoms with van der Waals surface area (Å²) in [5.74, 6) is 1.59. The van der Waals surface area contributed by atoms with E-state index in [9.17, 15) is 4.79 Å². The zero-order valence-corrected chi connectivity index (χ0v) is 12.6. The summed E-state index contributed by atoms with van der Waals surface area (Å²) in [7, 11) is 0. The first kappa shape index (κ1) is 14.8. The zero-order valence-electron chi connectivity index (χ0n) is 12.6. The van der Waals surface area contributed by atoms with E-state index in [0.29, 0.717) is 12.0 Å². The number of carbonyl (C=O) groups is 1. The van der Waals surface area contributed by atoms with Crippen LogP contribution in [0.3, 0.4) is 0 Å². The maximum Gasteiger partial charge on any atom is 0.237 e. The van der Waals surface area contributed by atoms with Crippen molar-refractivity contribution in [2.24, 2.45) is 11.8 Å². The van der Waals surface area contributed by atoms with Crippen molar-refractivity contribution in [1.29, 1.82) is 0 Å². The highest BCUT2D eigenvalue weighted by Crippen LogP contribution is 2.26. The number of nitrogens with zero attached hydrogens (tertiary/aromatic N) is 1. The van der Waals surface area contributed by atoms with Crippen molar-refractivity contribution >= 4 is 5.91 Å². The van der Waals surface area contributed by atoms with Crippen molar-refractivity contribution in [1.82, 2.24) is 15.5 Å². The molecule has 2 heterocycles. The van der Waals surface area contributed by atoms with Gasteiger partial charge in [-0.1, -0.05) is 13.8 Å². The molecule has 2 fully saturated rings. The molecule has 0 bridgehead atoms. The normalized spacial score (nSPS) is 29.3. The van der Waals surface area contributed by atoms with Crippen molar-refractivity contribution in [3.63, 3.8) is 0 Å². The van der Waals surface area contributed by atoms with Crippen molar-refractivity contribution < 1.29 is 4.79 Å². The summed E-state index contributed by atoms with van der Waals surface area (Å²) in [5.41, 5.74) is 0. The van der Waals surface area contributed by atoms with Crippen LogP contribution in [0.1, 0.15) is 40.0 Å². The molecule has 0 aromatic carbocycles. The average molecular weight is 267 g/mol. The summed E-state index contributed by atoms with van der Waals surface area (Å²) >= 11 is 0. The second kappa shape index (κ2) is 6.71. The molecular weight excluding hydrogens is 238 g/mol. The Hall–Kier alpha value is -0.610. The number of piperidine rings is 1. The third-order valence-corrected chi connectivity index (χ3v) is 4.58. The van der Waals surface area contributed by atoms with Crippen LogP contribution in [-0.4, -0.2) is 49.1 Å². The van der Waals surface area contributed by atoms with Gasteiger partial charge in [-0.05, 0) is 44.6 Å². The van der Waals surface area contributed by atoms with Gasteiger partial charge in [0.05, 0.1) is 6.04 Å². The minimum Gasteiger partial charge on any atom is -0.355 e. The monoisotopic (exact) mass is 267 g/mol. The molecule has 0 spiro atoms. The molecule has 0 aromatic rings. The van der Waals surface area contributed by atoms with E-state index < -0.39 is 0 Å². The molecule has 4 heteroatoms. The Morgan fingerprint density at radius 3 is 2.84 bits per heavy atom. The second-order valence-corrected chi connectivity index (χ2v) is 6.57. The molecule has 19 heavy (non-hydrogen) atoms. The zero-order chi connectivity index (χ0) is 13.8. The Morgan fingerprint density at radius 1 is 1.37 bits per heavy atom. The lowest BCUT2D eigenvalue weighted by atomic mass is 9.94. The summed E-state index contributed by atoms with van der Waals surface area (Å²) in [4.78, 5) is 14.5. The highest BCUT2D eigenvalue weighted by Gasteiger charge is 2.37. The van der Waals surface area contributed by atoms with E-state index in [-0.39, 0.29) is 11.9 Å². The Labute approximate surface area is 117 Å². The summed E-state index contributed by atoms with van der Waals surface area (Å²) in [6.07, 6.45) is 3.66. The lowest BCUT2D eigenvalue weighted by molar-refractivity contribution is -0.125. The van der Waals surface area contributed by atoms with E-state index in [0.717, 1.165) is 38.5 Å². The minimum absolute atomic E-state index is 0.0135. The van der Waals surface area contributed by atoms with E-state index >= 15 is 0 Å². The summed E-state index contributed by atoms with van der Waals surface area (Å²) < 4.78 is 0. The minimum atomic E-state index is 0.0135. The lowest BCUT2D eigenvalue weighted by Gasteiger charge is -2.25. The molecule has 3 unspecified atom stereocenters. The molecular formula is C15H29N3O. The fraction of sp³-hybridized carbons (Fsp3) is 0.933. The molecule has 4 nitrogen and oxygen atoms in total. The maximum absolute atomic E-state index is 12.1. The van der Waals surface area contributed by atoms with Gasteiger partial charge in [-0.25, -0.2) is 0 Å². The van der Waals surface area contributed by atoms with Crippen LogP contribution >= 0.6 is 0 Å². The second-order valence-electron chi connectivity index (χ2n) is 6.57. The number of hydrogen-bond acceptors (Lipinski definition) is 3. The van der Waals surface area contributed by atoms with E-state index in [2.05, 4.69) is 29.4 Å². The Bertz CT molecular complexity index is 292. The highest BCUT2D eigenvalue weighted by molar-refractivity contribution is 5.81. The summed E-state index contributed by atoms with van der Waals surface area (Å²) in [6.45, 7) is 10.5. The smallest absolute Gasteiger partial charge is 0.237 e. The Morgan fingerprint density at radius 2 is 2.16 bits per heavy atom. The van der Waals surface area contributed by atoms with Crippen LogP contribution in [0.4, 0.5) is 0 Å². The Kier molecular flexibility index (Phi) is 5.22. The number of rotatable bonds is 5. The van der Waals surface area contributed by atoms with E-state index in [1.165, 1.54) is 12.8 Å². The third-order valence-electron chi connectivity index (χ3n) is 4.58. The van der Waals surface area contributed by atoms with Gasteiger partial charge in [-0.15, -0.1) is 0 Å². The largest absolute Gasteiger partial charge is 0.355 e. The van der Waals surface area contributed by atoms with Crippen LogP contribution in [-0.2, 0) is 4.79 Å². The van der Waals surface area contributed by atoms with Crippen LogP contribution in [0.25, 0.3) is 0 Å². The molecule has 1 amide bonds. The van der Waals surface area contributed by atoms with Gasteiger partial charge in [0.1, 0.15) is 0 Å². The third kappa shape index (κ3) is 3.93. The van der Waals surface area contributed by atoms with Crippen LogP contribution in [0.5, 0.6) is 0 Å². The molecule has 110 valence electrons. The van der Waals surface area contributed by atoms with Gasteiger partial charge in [-0.2, -0.15) is 0 Å². The SMILES string of the molecule is CC(C)CCNC(=O)C(C)N1CC2CCCNC2C1. The molecule has 0 aliphatic carbocycles. The molecule has 0 radical (unpaired) electrons. The van der Waals surface area contributed by atoms with Crippen LogP contribution in [0.2, 0.25) is 0 Å². The molecule has 3 atom stereocenters. The Balaban J connectivity index is 1.76. The quantitative estimate of drug-likeness (QED) is 0.787. The first-order valence-corrected chi connectivity index (χ1v) is 7.83. The van der Waals surface area contributed by atoms with Gasteiger partial charge in [0.25, 0.3) is 0 Å². The average Bonchev–Trinajstić information content (AvgIpc) is 2.80. The predicted molar refractivity (Wildman–Crippen MR) is 78.0 cm³/mol. The number of amides is 1. The number of likely N-dealkylation sites (tertiary alicyclic amines) is 1. The van der Waals surface area contributed by atoms with Gasteiger partial charge >= 0.3 is 0 Å². The van der Waals surface area contributed by atoms with E-state index in [1.54, 1.807) is 0 Å². The van der Waals surface area contributed by atoms with Gasteiger partial charge in [0.2, 0.25) is 5.91 Å². The topological polar surface area (TPSA) is 44.4 Å². The fourth-order valence-electron chi connectivity index (χ4n) is 3.19. The first-order chi connectivity index (χ1) is 9.08. The molecule has 2 aliphatic heterocycles. The molecule has 2 saturated heterocycles. The maximum atomic E-state index is 12.1. The summed E-state index contributed by atoms with van der Waals surface area (Å²) in [6, 6.07) is 0.624. The standard InChI is InChI=1S/C15H29N3O/c1-11(2)6-8-17-15(19)12(3)18-9-13-5-4-7-16-14(13)10-18/h11-14,16H,4-10H2,1-3H3,(H,17,19). The van der Waals surface area contributed by atoms with Crippen LogP contribution < -0.4 is 10.6 Å². The lowest BCUT2D eigenvalue weighted by Crippen LogP contribution is -2.45. The van der Waals surface area contributed by atoms with Crippen molar-refractivity contribution in [3.8, 4) is 0 Å². The number of nitrogens with one attached hydrogen (secondary N) is 2. The molecule has 0 aromatic heterocycles. The highest BCUT2D eigenvalue weighted by atomic mass is 16.2. The molecule has 2 N–H and O–H groups in total. The predicted octanol–water partition coefficient (Wildman–Crippen LogP) is 1.22. The summed E-state index contributed by atoms with van der Waals surface area (Å²) in [5, 5.41) is 6.66. The molecule has 2 aliphatic rings. The van der Waals surface area contributed by atoms with Gasteiger partial charge in [0.15, 0.2) is 0 Å². The molecule has 2 rings (SSSR count). The van der Waals surface area contributed by atoms with Crippen molar-refractivity contribution in [2.75, 3.05) is 26.2 Å². The number of hydrogen-bond donors (Lipinski definition) is 2. The number of carbonyl (C=O) groups excluding carboxylic acids is 1. The van der Waals surface area contributed by atoms with Crippen molar-refractivity contribution in [2.45, 2.75) is 52.1 Å². The van der Waals surface area contributed by atoms with Crippen LogP contribution in [0, 0.1) is 11.8 Å². The van der Waals surface area contributed by atoms with Gasteiger partial charge in [-0.3, -0.25) is 9.69 Å². The van der Waals surface area contributed by atoms with Gasteiger partial charge < -0.3 is 10.6 Å². The van der Waals surface area contributed by atoms with E-state index in [4.69, 9.17) is 0 Å². The fourth-order valence-corrected chi connectivity index (χ4v) is 3.19. The first-order valence-electron chi connectivity index (χ1n) is 7.83. The van der Waals surface area contributed by atoms with Crippen molar-refractivity contribution in [3.05, 3.63) is 0 Å².